The third-order valence-corrected chi connectivity index (χ3v) is 3.53. The number of nitrogens with zero attached hydrogens (tertiary/aromatic N) is 1. The fraction of sp³-hybridized carbons (Fsp3) is 0.312. The minimum absolute atomic E-state index is 0.301. The van der Waals surface area contributed by atoms with Gasteiger partial charge >= 0.3 is 0 Å². The van der Waals surface area contributed by atoms with Crippen LogP contribution in [0.25, 0.3) is 11.1 Å². The smallest absolute Gasteiger partial charge is 0.149 e. The van der Waals surface area contributed by atoms with Gasteiger partial charge in [-0.2, -0.15) is 0 Å². The number of aromatic nitrogens is 1. The van der Waals surface area contributed by atoms with E-state index in [-0.39, 0.29) is 5.82 Å². The van der Waals surface area contributed by atoms with Crippen molar-refractivity contribution in [1.82, 2.24) is 10.3 Å². The van der Waals surface area contributed by atoms with E-state index in [1.807, 2.05) is 18.2 Å². The molecule has 1 N–H and O–H groups in total. The SMILES string of the molecule is COc1ccc(-c2ccncc2F)c(CNC2CC2)c1. The van der Waals surface area contributed by atoms with Crippen molar-refractivity contribution in [3.8, 4) is 16.9 Å². The molecule has 1 heterocycles. The van der Waals surface area contributed by atoms with Crippen LogP contribution < -0.4 is 10.1 Å². The number of benzene rings is 1. The molecule has 0 aliphatic heterocycles. The number of methoxy groups -OCH3 is 1. The Kier molecular flexibility index (Phi) is 3.65. The molecule has 104 valence electrons. The van der Waals surface area contributed by atoms with Crippen molar-refractivity contribution in [1.29, 1.82) is 0 Å². The molecule has 0 radical (unpaired) electrons. The van der Waals surface area contributed by atoms with Gasteiger partial charge in [0.1, 0.15) is 11.6 Å². The molecule has 1 saturated carbocycles. The second-order valence-corrected chi connectivity index (χ2v) is 5.03. The van der Waals surface area contributed by atoms with Crippen LogP contribution in [0, 0.1) is 5.82 Å². The van der Waals surface area contributed by atoms with Crippen LogP contribution >= 0.6 is 0 Å². The van der Waals surface area contributed by atoms with Gasteiger partial charge in [0.15, 0.2) is 0 Å². The Hall–Kier alpha value is -1.94. The summed E-state index contributed by atoms with van der Waals surface area (Å²) in [5.74, 6) is 0.487. The van der Waals surface area contributed by atoms with Crippen LogP contribution in [-0.4, -0.2) is 18.1 Å². The first-order chi connectivity index (χ1) is 9.78. The summed E-state index contributed by atoms with van der Waals surface area (Å²) < 4.78 is 19.2. The van der Waals surface area contributed by atoms with E-state index in [9.17, 15) is 4.39 Å². The van der Waals surface area contributed by atoms with Gasteiger partial charge in [0.05, 0.1) is 13.3 Å². The molecular formula is C16H17FN2O. The minimum atomic E-state index is -0.301. The first-order valence-electron chi connectivity index (χ1n) is 6.78. The Morgan fingerprint density at radius 1 is 1.30 bits per heavy atom. The molecule has 1 aromatic carbocycles. The van der Waals surface area contributed by atoms with Gasteiger partial charge in [-0.15, -0.1) is 0 Å². The molecule has 3 nitrogen and oxygen atoms in total. The van der Waals surface area contributed by atoms with Gasteiger partial charge in [-0.25, -0.2) is 4.39 Å². The first-order valence-corrected chi connectivity index (χ1v) is 6.78. The van der Waals surface area contributed by atoms with Crippen molar-refractivity contribution in [3.05, 3.63) is 48.0 Å². The zero-order valence-corrected chi connectivity index (χ0v) is 11.4. The Labute approximate surface area is 117 Å². The molecule has 1 aromatic heterocycles. The number of hydrogen-bond donors (Lipinski definition) is 1. The third kappa shape index (κ3) is 2.80. The molecule has 3 rings (SSSR count). The highest BCUT2D eigenvalue weighted by Crippen LogP contribution is 2.30. The highest BCUT2D eigenvalue weighted by Gasteiger charge is 2.21. The molecule has 0 saturated heterocycles. The lowest BCUT2D eigenvalue weighted by Crippen LogP contribution is -2.16. The van der Waals surface area contributed by atoms with E-state index >= 15 is 0 Å². The van der Waals surface area contributed by atoms with Crippen LogP contribution in [0.5, 0.6) is 5.75 Å². The number of rotatable bonds is 5. The summed E-state index contributed by atoms with van der Waals surface area (Å²) in [5.41, 5.74) is 2.51. The summed E-state index contributed by atoms with van der Waals surface area (Å²) >= 11 is 0. The standard InChI is InChI=1S/C16H17FN2O/c1-20-13-4-5-14(15-6-7-18-10-16(15)17)11(8-13)9-19-12-2-3-12/h4-8,10,12,19H,2-3,9H2,1H3. The molecule has 0 amide bonds. The predicted molar refractivity (Wildman–Crippen MR) is 76.0 cm³/mol. The van der Waals surface area contributed by atoms with E-state index in [4.69, 9.17) is 4.74 Å². The van der Waals surface area contributed by atoms with Crippen LogP contribution in [0.2, 0.25) is 0 Å². The zero-order chi connectivity index (χ0) is 13.9. The lowest BCUT2D eigenvalue weighted by molar-refractivity contribution is 0.414. The quantitative estimate of drug-likeness (QED) is 0.908. The predicted octanol–water partition coefficient (Wildman–Crippen LogP) is 3.15. The zero-order valence-electron chi connectivity index (χ0n) is 11.4. The van der Waals surface area contributed by atoms with Crippen LogP contribution in [0.4, 0.5) is 4.39 Å². The molecule has 2 aromatic rings. The third-order valence-electron chi connectivity index (χ3n) is 3.53. The lowest BCUT2D eigenvalue weighted by atomic mass is 9.99. The maximum Gasteiger partial charge on any atom is 0.149 e. The minimum Gasteiger partial charge on any atom is -0.497 e. The average molecular weight is 272 g/mol. The second kappa shape index (κ2) is 5.59. The molecule has 0 atom stereocenters. The number of halogens is 1. The lowest BCUT2D eigenvalue weighted by Gasteiger charge is -2.13. The maximum atomic E-state index is 13.9. The molecular weight excluding hydrogens is 255 g/mol. The number of nitrogens with one attached hydrogen (secondary N) is 1. The van der Waals surface area contributed by atoms with Gasteiger partial charge in [0, 0.05) is 24.3 Å². The van der Waals surface area contributed by atoms with Crippen molar-refractivity contribution < 1.29 is 9.13 Å². The average Bonchev–Trinajstić information content (AvgIpc) is 3.30. The van der Waals surface area contributed by atoms with Gasteiger partial charge in [0.25, 0.3) is 0 Å². The molecule has 0 spiro atoms. The highest BCUT2D eigenvalue weighted by molar-refractivity contribution is 5.68. The van der Waals surface area contributed by atoms with Crippen LogP contribution in [0.3, 0.4) is 0 Å². The molecule has 1 aliphatic rings. The molecule has 1 fully saturated rings. The summed E-state index contributed by atoms with van der Waals surface area (Å²) in [5, 5.41) is 3.46. The fourth-order valence-corrected chi connectivity index (χ4v) is 2.24. The summed E-state index contributed by atoms with van der Waals surface area (Å²) in [7, 11) is 1.64. The van der Waals surface area contributed by atoms with Crippen LogP contribution in [0.15, 0.2) is 36.7 Å². The summed E-state index contributed by atoms with van der Waals surface area (Å²) in [6, 6.07) is 8.04. The van der Waals surface area contributed by atoms with E-state index in [1.54, 1.807) is 19.4 Å². The summed E-state index contributed by atoms with van der Waals surface area (Å²) in [6.45, 7) is 0.721. The van der Waals surface area contributed by atoms with Gasteiger partial charge < -0.3 is 10.1 Å². The normalized spacial score (nSPS) is 14.3. The van der Waals surface area contributed by atoms with Crippen molar-refractivity contribution >= 4 is 0 Å². The Morgan fingerprint density at radius 2 is 2.15 bits per heavy atom. The summed E-state index contributed by atoms with van der Waals surface area (Å²) in [4.78, 5) is 3.80. The van der Waals surface area contributed by atoms with E-state index in [2.05, 4.69) is 10.3 Å². The van der Waals surface area contributed by atoms with E-state index in [0.717, 1.165) is 23.4 Å². The molecule has 1 aliphatic carbocycles. The van der Waals surface area contributed by atoms with Crippen molar-refractivity contribution in [2.75, 3.05) is 7.11 Å². The Bertz CT molecular complexity index is 611. The van der Waals surface area contributed by atoms with Gasteiger partial charge in [-0.1, -0.05) is 6.07 Å². The number of hydrogen-bond acceptors (Lipinski definition) is 3. The monoisotopic (exact) mass is 272 g/mol. The summed E-state index contributed by atoms with van der Waals surface area (Å²) in [6.07, 6.45) is 5.31. The largest absolute Gasteiger partial charge is 0.497 e. The molecule has 20 heavy (non-hydrogen) atoms. The molecule has 0 unspecified atom stereocenters. The topological polar surface area (TPSA) is 34.1 Å². The van der Waals surface area contributed by atoms with E-state index < -0.39 is 0 Å². The number of ether oxygens (including phenoxy) is 1. The maximum absolute atomic E-state index is 13.9. The number of pyridine rings is 1. The molecule has 4 heteroatoms. The molecule has 0 bridgehead atoms. The van der Waals surface area contributed by atoms with Gasteiger partial charge in [0.2, 0.25) is 0 Å². The second-order valence-electron chi connectivity index (χ2n) is 5.03. The Balaban J connectivity index is 1.97. The van der Waals surface area contributed by atoms with E-state index in [0.29, 0.717) is 11.6 Å². The van der Waals surface area contributed by atoms with Crippen LogP contribution in [0.1, 0.15) is 18.4 Å². The first kappa shape index (κ1) is 13.1. The fourth-order valence-electron chi connectivity index (χ4n) is 2.24. The van der Waals surface area contributed by atoms with Crippen molar-refractivity contribution in [2.45, 2.75) is 25.4 Å². The van der Waals surface area contributed by atoms with Crippen molar-refractivity contribution in [2.24, 2.45) is 0 Å². The highest BCUT2D eigenvalue weighted by atomic mass is 19.1. The van der Waals surface area contributed by atoms with Gasteiger partial charge in [-0.05, 0) is 42.2 Å². The van der Waals surface area contributed by atoms with Crippen LogP contribution in [-0.2, 0) is 6.54 Å². The van der Waals surface area contributed by atoms with Gasteiger partial charge in [-0.3, -0.25) is 4.98 Å². The van der Waals surface area contributed by atoms with E-state index in [1.165, 1.54) is 19.0 Å². The van der Waals surface area contributed by atoms with Crippen molar-refractivity contribution in [3.63, 3.8) is 0 Å². The Morgan fingerprint density at radius 3 is 2.85 bits per heavy atom.